The molecule has 2 heterocycles. The summed E-state index contributed by atoms with van der Waals surface area (Å²) in [6, 6.07) is 15.8. The molecule has 0 saturated carbocycles. The molecule has 0 radical (unpaired) electrons. The van der Waals surface area contributed by atoms with Crippen LogP contribution in [0.2, 0.25) is 0 Å². The van der Waals surface area contributed by atoms with Crippen LogP contribution in [0, 0.1) is 0 Å². The van der Waals surface area contributed by atoms with Gasteiger partial charge in [0.05, 0.1) is 6.04 Å². The predicted octanol–water partition coefficient (Wildman–Crippen LogP) is 3.35. The second-order valence-corrected chi connectivity index (χ2v) is 8.56. The standard InChI is InChI=1S/C25H32N4O2/c1-28-14-8-9-19-17-20(12-13-22(19)28)23(29-15-6-3-7-16-29)18-26-24(30)25(31)27-21-10-4-2-5-11-21/h2,4-5,10-13,17,23H,3,6-9,14-16,18H2,1H3,(H,26,30)(H,27,31). The zero-order valence-electron chi connectivity index (χ0n) is 18.3. The number of piperidine rings is 1. The molecule has 2 aromatic carbocycles. The average Bonchev–Trinajstić information content (AvgIpc) is 2.80. The van der Waals surface area contributed by atoms with Crippen molar-refractivity contribution in [3.63, 3.8) is 0 Å². The van der Waals surface area contributed by atoms with Crippen molar-refractivity contribution < 1.29 is 9.59 Å². The van der Waals surface area contributed by atoms with Crippen LogP contribution in [0.3, 0.4) is 0 Å². The van der Waals surface area contributed by atoms with E-state index < -0.39 is 11.8 Å². The number of hydrogen-bond donors (Lipinski definition) is 2. The molecule has 6 nitrogen and oxygen atoms in total. The fraction of sp³-hybridized carbons (Fsp3) is 0.440. The number of para-hydroxylation sites is 1. The van der Waals surface area contributed by atoms with Crippen LogP contribution < -0.4 is 15.5 Å². The molecule has 2 aromatic rings. The maximum absolute atomic E-state index is 12.5. The first-order valence-electron chi connectivity index (χ1n) is 11.3. The Balaban J connectivity index is 1.47. The van der Waals surface area contributed by atoms with Gasteiger partial charge in [-0.3, -0.25) is 14.5 Å². The van der Waals surface area contributed by atoms with E-state index in [9.17, 15) is 9.59 Å². The largest absolute Gasteiger partial charge is 0.374 e. The molecule has 2 N–H and O–H groups in total. The number of rotatable bonds is 5. The normalized spacial score (nSPS) is 17.5. The third-order valence-corrected chi connectivity index (χ3v) is 6.36. The van der Waals surface area contributed by atoms with E-state index in [4.69, 9.17) is 0 Å². The highest BCUT2D eigenvalue weighted by Gasteiger charge is 2.25. The summed E-state index contributed by atoms with van der Waals surface area (Å²) in [5.74, 6) is -1.22. The second-order valence-electron chi connectivity index (χ2n) is 8.56. The monoisotopic (exact) mass is 420 g/mol. The molecule has 2 aliphatic rings. The van der Waals surface area contributed by atoms with Crippen LogP contribution >= 0.6 is 0 Å². The molecule has 31 heavy (non-hydrogen) atoms. The molecular formula is C25H32N4O2. The van der Waals surface area contributed by atoms with Gasteiger partial charge >= 0.3 is 11.8 Å². The van der Waals surface area contributed by atoms with Crippen LogP contribution in [-0.4, -0.2) is 49.9 Å². The van der Waals surface area contributed by atoms with Gasteiger partial charge in [-0.25, -0.2) is 0 Å². The van der Waals surface area contributed by atoms with Crippen LogP contribution in [-0.2, 0) is 16.0 Å². The number of anilines is 2. The van der Waals surface area contributed by atoms with Crippen molar-refractivity contribution in [1.29, 1.82) is 0 Å². The zero-order chi connectivity index (χ0) is 21.6. The highest BCUT2D eigenvalue weighted by molar-refractivity contribution is 6.39. The summed E-state index contributed by atoms with van der Waals surface area (Å²) in [4.78, 5) is 29.6. The number of nitrogens with zero attached hydrogens (tertiary/aromatic N) is 2. The SMILES string of the molecule is CN1CCCc2cc(C(CNC(=O)C(=O)Nc3ccccc3)N3CCCCC3)ccc21. The highest BCUT2D eigenvalue weighted by Crippen LogP contribution is 2.31. The van der Waals surface area contributed by atoms with Crippen molar-refractivity contribution in [2.75, 3.05) is 43.4 Å². The van der Waals surface area contributed by atoms with Gasteiger partial charge in [0.25, 0.3) is 0 Å². The van der Waals surface area contributed by atoms with Crippen molar-refractivity contribution in [3.05, 3.63) is 59.7 Å². The van der Waals surface area contributed by atoms with Crippen molar-refractivity contribution in [2.45, 2.75) is 38.1 Å². The number of benzene rings is 2. The Morgan fingerprint density at radius 2 is 1.71 bits per heavy atom. The molecule has 1 atom stereocenters. The Hall–Kier alpha value is -2.86. The number of fused-ring (bicyclic) bond motifs is 1. The van der Waals surface area contributed by atoms with E-state index in [1.54, 1.807) is 12.1 Å². The van der Waals surface area contributed by atoms with E-state index in [-0.39, 0.29) is 6.04 Å². The van der Waals surface area contributed by atoms with Gasteiger partial charge in [-0.1, -0.05) is 36.8 Å². The van der Waals surface area contributed by atoms with Gasteiger partial charge in [-0.15, -0.1) is 0 Å². The van der Waals surface area contributed by atoms with Gasteiger partial charge in [0.1, 0.15) is 0 Å². The van der Waals surface area contributed by atoms with Crippen LogP contribution in [0.25, 0.3) is 0 Å². The number of carbonyl (C=O) groups excluding carboxylic acids is 2. The summed E-state index contributed by atoms with van der Waals surface area (Å²) in [6.07, 6.45) is 5.85. The zero-order valence-corrected chi connectivity index (χ0v) is 18.3. The molecule has 0 aromatic heterocycles. The Morgan fingerprint density at radius 3 is 2.48 bits per heavy atom. The van der Waals surface area contributed by atoms with Crippen LogP contribution in [0.4, 0.5) is 11.4 Å². The van der Waals surface area contributed by atoms with E-state index in [0.717, 1.165) is 32.5 Å². The summed E-state index contributed by atoms with van der Waals surface area (Å²) >= 11 is 0. The van der Waals surface area contributed by atoms with Gasteiger partial charge in [0.15, 0.2) is 0 Å². The van der Waals surface area contributed by atoms with E-state index in [2.05, 4.69) is 45.7 Å². The molecule has 2 amide bonds. The number of nitrogens with one attached hydrogen (secondary N) is 2. The van der Waals surface area contributed by atoms with Gasteiger partial charge in [0.2, 0.25) is 0 Å². The topological polar surface area (TPSA) is 64.7 Å². The lowest BCUT2D eigenvalue weighted by atomic mass is 9.95. The quantitative estimate of drug-likeness (QED) is 0.728. The molecule has 0 spiro atoms. The van der Waals surface area contributed by atoms with Gasteiger partial charge in [-0.2, -0.15) is 0 Å². The number of aryl methyl sites for hydroxylation is 1. The molecule has 0 aliphatic carbocycles. The molecule has 2 aliphatic heterocycles. The summed E-state index contributed by atoms with van der Waals surface area (Å²) < 4.78 is 0. The summed E-state index contributed by atoms with van der Waals surface area (Å²) in [5, 5.41) is 5.54. The summed E-state index contributed by atoms with van der Waals surface area (Å²) in [5.41, 5.74) is 4.52. The van der Waals surface area contributed by atoms with Crippen molar-refractivity contribution in [2.24, 2.45) is 0 Å². The fourth-order valence-corrected chi connectivity index (χ4v) is 4.68. The first-order valence-corrected chi connectivity index (χ1v) is 11.3. The van der Waals surface area contributed by atoms with E-state index in [1.165, 1.54) is 36.1 Å². The molecule has 6 heteroatoms. The lowest BCUT2D eigenvalue weighted by Gasteiger charge is -2.36. The Kier molecular flexibility index (Phi) is 6.87. The Morgan fingerprint density at radius 1 is 0.935 bits per heavy atom. The number of amides is 2. The molecule has 1 unspecified atom stereocenters. The minimum atomic E-state index is -0.629. The molecule has 0 bridgehead atoms. The summed E-state index contributed by atoms with van der Waals surface area (Å²) in [6.45, 7) is 3.56. The van der Waals surface area contributed by atoms with Crippen molar-refractivity contribution >= 4 is 23.2 Å². The number of carbonyl (C=O) groups is 2. The van der Waals surface area contributed by atoms with Crippen LogP contribution in [0.5, 0.6) is 0 Å². The maximum atomic E-state index is 12.5. The molecule has 164 valence electrons. The Bertz CT molecular complexity index is 909. The molecule has 1 fully saturated rings. The maximum Gasteiger partial charge on any atom is 0.313 e. The minimum Gasteiger partial charge on any atom is -0.374 e. The smallest absolute Gasteiger partial charge is 0.313 e. The molecule has 1 saturated heterocycles. The van der Waals surface area contributed by atoms with Crippen LogP contribution in [0.1, 0.15) is 42.9 Å². The number of hydrogen-bond acceptors (Lipinski definition) is 4. The third kappa shape index (κ3) is 5.25. The molecule has 4 rings (SSSR count). The highest BCUT2D eigenvalue weighted by atomic mass is 16.2. The van der Waals surface area contributed by atoms with Gasteiger partial charge in [-0.05, 0) is 68.1 Å². The minimum absolute atomic E-state index is 0.0753. The van der Waals surface area contributed by atoms with Crippen molar-refractivity contribution in [3.8, 4) is 0 Å². The van der Waals surface area contributed by atoms with Gasteiger partial charge < -0.3 is 15.5 Å². The third-order valence-electron chi connectivity index (χ3n) is 6.36. The second kappa shape index (κ2) is 9.96. The Labute approximate surface area is 184 Å². The average molecular weight is 421 g/mol. The van der Waals surface area contributed by atoms with E-state index in [0.29, 0.717) is 12.2 Å². The fourth-order valence-electron chi connectivity index (χ4n) is 4.68. The van der Waals surface area contributed by atoms with E-state index >= 15 is 0 Å². The lowest BCUT2D eigenvalue weighted by Crippen LogP contribution is -2.43. The first-order chi connectivity index (χ1) is 15.1. The first kappa shape index (κ1) is 21.4. The molecular weight excluding hydrogens is 388 g/mol. The van der Waals surface area contributed by atoms with Crippen molar-refractivity contribution in [1.82, 2.24) is 10.2 Å². The number of likely N-dealkylation sites (tertiary alicyclic amines) is 1. The van der Waals surface area contributed by atoms with Gasteiger partial charge in [0, 0.05) is 31.5 Å². The summed E-state index contributed by atoms with van der Waals surface area (Å²) in [7, 11) is 2.14. The van der Waals surface area contributed by atoms with Crippen LogP contribution in [0.15, 0.2) is 48.5 Å². The van der Waals surface area contributed by atoms with E-state index in [1.807, 2.05) is 18.2 Å². The predicted molar refractivity (Wildman–Crippen MR) is 124 cm³/mol. The lowest BCUT2D eigenvalue weighted by molar-refractivity contribution is -0.136.